The van der Waals surface area contributed by atoms with Crippen molar-refractivity contribution in [3.05, 3.63) is 96.6 Å². The average Bonchev–Trinajstić information content (AvgIpc) is 3.06. The smallest absolute Gasteiger partial charge is 0.243 e. The summed E-state index contributed by atoms with van der Waals surface area (Å²) >= 11 is 1.31. The standard InChI is InChI=1S/C25H23N3O2S/c29-23-18-22(24(30)28(23)17-16-19-10-4-1-5-11-19)31-25(26-20-12-6-2-7-13-20)27-21-14-8-3-9-15-21/h1-15,22H,16-18H2,(H,26,27)/t22-/m0/s1. The van der Waals surface area contributed by atoms with E-state index in [-0.39, 0.29) is 18.2 Å². The van der Waals surface area contributed by atoms with Gasteiger partial charge in [-0.1, -0.05) is 78.5 Å². The van der Waals surface area contributed by atoms with Gasteiger partial charge in [0.05, 0.1) is 5.69 Å². The van der Waals surface area contributed by atoms with E-state index in [4.69, 9.17) is 0 Å². The number of anilines is 1. The zero-order chi connectivity index (χ0) is 21.5. The number of likely N-dealkylation sites (tertiary alicyclic amines) is 1. The lowest BCUT2D eigenvalue weighted by Gasteiger charge is -2.16. The molecule has 2 amide bonds. The second-order valence-corrected chi connectivity index (χ2v) is 8.36. The van der Waals surface area contributed by atoms with Crippen LogP contribution in [0.1, 0.15) is 12.0 Å². The quantitative estimate of drug-likeness (QED) is 0.344. The third kappa shape index (κ3) is 5.61. The Balaban J connectivity index is 1.47. The molecule has 5 nitrogen and oxygen atoms in total. The molecular weight excluding hydrogens is 406 g/mol. The lowest BCUT2D eigenvalue weighted by atomic mass is 10.1. The Morgan fingerprint density at radius 3 is 2.19 bits per heavy atom. The van der Waals surface area contributed by atoms with Crippen LogP contribution in [-0.2, 0) is 16.0 Å². The normalized spacial score (nSPS) is 16.6. The molecule has 6 heteroatoms. The maximum Gasteiger partial charge on any atom is 0.243 e. The molecular formula is C25H23N3O2S. The average molecular weight is 430 g/mol. The molecule has 4 rings (SSSR count). The summed E-state index contributed by atoms with van der Waals surface area (Å²) in [6.07, 6.45) is 0.839. The molecule has 1 aliphatic heterocycles. The summed E-state index contributed by atoms with van der Waals surface area (Å²) in [6.45, 7) is 0.399. The lowest BCUT2D eigenvalue weighted by molar-refractivity contribution is -0.138. The van der Waals surface area contributed by atoms with Crippen molar-refractivity contribution in [2.45, 2.75) is 18.1 Å². The summed E-state index contributed by atoms with van der Waals surface area (Å²) < 4.78 is 0. The summed E-state index contributed by atoms with van der Waals surface area (Å²) in [4.78, 5) is 31.6. The van der Waals surface area contributed by atoms with Crippen molar-refractivity contribution in [1.29, 1.82) is 0 Å². The number of carbonyl (C=O) groups is 2. The van der Waals surface area contributed by atoms with E-state index in [1.165, 1.54) is 16.7 Å². The molecule has 1 N–H and O–H groups in total. The van der Waals surface area contributed by atoms with E-state index in [1.807, 2.05) is 91.0 Å². The fourth-order valence-corrected chi connectivity index (χ4v) is 4.41. The van der Waals surface area contributed by atoms with Crippen LogP contribution in [0.2, 0.25) is 0 Å². The molecule has 0 unspecified atom stereocenters. The summed E-state index contributed by atoms with van der Waals surface area (Å²) in [5.41, 5.74) is 2.77. The van der Waals surface area contributed by atoms with E-state index in [1.54, 1.807) is 0 Å². The number of hydrogen-bond acceptors (Lipinski definition) is 4. The van der Waals surface area contributed by atoms with Gasteiger partial charge in [-0.25, -0.2) is 4.99 Å². The molecule has 31 heavy (non-hydrogen) atoms. The van der Waals surface area contributed by atoms with E-state index in [9.17, 15) is 9.59 Å². The van der Waals surface area contributed by atoms with E-state index in [0.29, 0.717) is 18.1 Å². The van der Waals surface area contributed by atoms with Crippen LogP contribution in [0.15, 0.2) is 96.0 Å². The van der Waals surface area contributed by atoms with Gasteiger partial charge in [0.1, 0.15) is 5.25 Å². The number of thioether (sulfide) groups is 1. The highest BCUT2D eigenvalue weighted by Crippen LogP contribution is 2.28. The van der Waals surface area contributed by atoms with Gasteiger partial charge >= 0.3 is 0 Å². The number of nitrogens with zero attached hydrogens (tertiary/aromatic N) is 2. The Morgan fingerprint density at radius 2 is 1.52 bits per heavy atom. The van der Waals surface area contributed by atoms with Crippen molar-refractivity contribution in [3.63, 3.8) is 0 Å². The topological polar surface area (TPSA) is 61.8 Å². The molecule has 1 atom stereocenters. The zero-order valence-corrected chi connectivity index (χ0v) is 17.8. The van der Waals surface area contributed by atoms with Gasteiger partial charge in [0, 0.05) is 18.7 Å². The van der Waals surface area contributed by atoms with Crippen LogP contribution in [0.25, 0.3) is 0 Å². The Bertz CT molecular complexity index is 1060. The van der Waals surface area contributed by atoms with Gasteiger partial charge in [-0.2, -0.15) is 0 Å². The summed E-state index contributed by atoms with van der Waals surface area (Å²) in [7, 11) is 0. The maximum atomic E-state index is 13.0. The van der Waals surface area contributed by atoms with Gasteiger partial charge in [-0.05, 0) is 36.2 Å². The van der Waals surface area contributed by atoms with Gasteiger partial charge < -0.3 is 5.32 Å². The Morgan fingerprint density at radius 1 is 0.903 bits per heavy atom. The van der Waals surface area contributed by atoms with Crippen LogP contribution >= 0.6 is 11.8 Å². The predicted octanol–water partition coefficient (Wildman–Crippen LogP) is 4.89. The molecule has 0 spiro atoms. The number of carbonyl (C=O) groups excluding carboxylic acids is 2. The Hall–Kier alpha value is -3.38. The first-order valence-electron chi connectivity index (χ1n) is 10.2. The zero-order valence-electron chi connectivity index (χ0n) is 17.0. The molecule has 0 saturated carbocycles. The van der Waals surface area contributed by atoms with E-state index in [0.717, 1.165) is 16.9 Å². The van der Waals surface area contributed by atoms with Crippen molar-refractivity contribution in [1.82, 2.24) is 4.90 Å². The molecule has 1 aliphatic rings. The van der Waals surface area contributed by atoms with E-state index in [2.05, 4.69) is 10.3 Å². The van der Waals surface area contributed by atoms with E-state index < -0.39 is 5.25 Å². The molecule has 1 fully saturated rings. The van der Waals surface area contributed by atoms with Gasteiger partial charge in [0.15, 0.2) is 5.17 Å². The molecule has 3 aromatic carbocycles. The number of amides is 2. The minimum absolute atomic E-state index is 0.128. The Labute approximate surface area is 186 Å². The summed E-state index contributed by atoms with van der Waals surface area (Å²) in [5.74, 6) is -0.279. The lowest BCUT2D eigenvalue weighted by Crippen LogP contribution is -2.33. The van der Waals surface area contributed by atoms with Gasteiger partial charge in [0.2, 0.25) is 11.8 Å². The monoisotopic (exact) mass is 429 g/mol. The van der Waals surface area contributed by atoms with Crippen molar-refractivity contribution in [2.24, 2.45) is 4.99 Å². The Kier molecular flexibility index (Phi) is 6.79. The molecule has 0 bridgehead atoms. The summed E-state index contributed by atoms with van der Waals surface area (Å²) in [5, 5.41) is 3.40. The first-order chi connectivity index (χ1) is 15.2. The fraction of sp³-hybridized carbons (Fsp3) is 0.160. The van der Waals surface area contributed by atoms with Crippen molar-refractivity contribution in [2.75, 3.05) is 11.9 Å². The van der Waals surface area contributed by atoms with Crippen LogP contribution in [0.5, 0.6) is 0 Å². The van der Waals surface area contributed by atoms with Crippen LogP contribution in [-0.4, -0.2) is 33.7 Å². The van der Waals surface area contributed by atoms with Crippen LogP contribution < -0.4 is 5.32 Å². The molecule has 0 aliphatic carbocycles. The highest BCUT2D eigenvalue weighted by atomic mass is 32.2. The van der Waals surface area contributed by atoms with Crippen LogP contribution in [0.3, 0.4) is 0 Å². The molecule has 1 saturated heterocycles. The first-order valence-corrected chi connectivity index (χ1v) is 11.1. The van der Waals surface area contributed by atoms with Crippen molar-refractivity contribution < 1.29 is 9.59 Å². The largest absolute Gasteiger partial charge is 0.335 e. The highest BCUT2D eigenvalue weighted by Gasteiger charge is 2.39. The maximum absolute atomic E-state index is 13.0. The fourth-order valence-electron chi connectivity index (χ4n) is 3.35. The number of aliphatic imine (C=N–C) groups is 1. The second kappa shape index (κ2) is 10.1. The van der Waals surface area contributed by atoms with E-state index >= 15 is 0 Å². The molecule has 3 aromatic rings. The minimum Gasteiger partial charge on any atom is -0.335 e. The number of para-hydroxylation sites is 2. The first kappa shape index (κ1) is 20.9. The highest BCUT2D eigenvalue weighted by molar-refractivity contribution is 8.15. The number of hydrogen-bond donors (Lipinski definition) is 1. The van der Waals surface area contributed by atoms with Gasteiger partial charge in [-0.3, -0.25) is 14.5 Å². The third-order valence-electron chi connectivity index (χ3n) is 4.94. The second-order valence-electron chi connectivity index (χ2n) is 7.17. The van der Waals surface area contributed by atoms with Crippen molar-refractivity contribution >= 4 is 40.1 Å². The summed E-state index contributed by atoms with van der Waals surface area (Å²) in [6, 6.07) is 29.1. The SMILES string of the molecule is O=C1C[C@H](SC(=Nc2ccccc2)Nc2ccccc2)C(=O)N1CCc1ccccc1. The van der Waals surface area contributed by atoms with Crippen molar-refractivity contribution in [3.8, 4) is 0 Å². The minimum atomic E-state index is -0.484. The van der Waals surface area contributed by atoms with Gasteiger partial charge in [-0.15, -0.1) is 0 Å². The third-order valence-corrected chi connectivity index (χ3v) is 6.00. The van der Waals surface area contributed by atoms with Gasteiger partial charge in [0.25, 0.3) is 0 Å². The molecule has 0 aromatic heterocycles. The molecule has 0 radical (unpaired) electrons. The van der Waals surface area contributed by atoms with Crippen LogP contribution in [0, 0.1) is 0 Å². The number of imide groups is 1. The number of benzene rings is 3. The number of rotatable bonds is 6. The van der Waals surface area contributed by atoms with Crippen LogP contribution in [0.4, 0.5) is 11.4 Å². The predicted molar refractivity (Wildman–Crippen MR) is 126 cm³/mol. The number of nitrogens with one attached hydrogen (secondary N) is 1. The molecule has 1 heterocycles. The number of amidine groups is 1. The molecule has 156 valence electrons.